The molecule has 1 unspecified atom stereocenters. The molecule has 6 N–H and O–H groups in total. The Morgan fingerprint density at radius 2 is 1.86 bits per heavy atom. The number of pyridine rings is 1. The van der Waals surface area contributed by atoms with Gasteiger partial charge in [-0.15, -0.1) is 0 Å². The maximum atomic E-state index is 13.2. The second kappa shape index (κ2) is 10.6. The molecule has 1 atom stereocenters. The van der Waals surface area contributed by atoms with Gasteiger partial charge in [0.2, 0.25) is 5.91 Å². The molecule has 0 aliphatic heterocycles. The largest absolute Gasteiger partial charge is 0.361 e. The minimum absolute atomic E-state index is 0.137. The number of rotatable bonds is 10. The lowest BCUT2D eigenvalue weighted by atomic mass is 10.1. The molecule has 4 rings (SSSR count). The number of carbonyl (C=O) groups is 2. The van der Waals surface area contributed by atoms with Crippen LogP contribution in [0.15, 0.2) is 67.0 Å². The van der Waals surface area contributed by atoms with Crippen LogP contribution in [-0.2, 0) is 15.0 Å². The summed E-state index contributed by atoms with van der Waals surface area (Å²) < 4.78 is 24.3. The molecule has 2 amide bonds. The number of aromatic nitrogens is 2. The summed E-state index contributed by atoms with van der Waals surface area (Å²) in [5.41, 5.74) is 2.41. The van der Waals surface area contributed by atoms with Crippen LogP contribution >= 0.6 is 0 Å². The molecule has 0 fully saturated rings. The van der Waals surface area contributed by atoms with Gasteiger partial charge in [-0.3, -0.25) is 14.6 Å². The molecule has 0 spiro atoms. The number of nitrogens with one attached hydrogen (secondary N) is 4. The first-order valence-electron chi connectivity index (χ1n) is 11.1. The Hall–Kier alpha value is -3.80. The fraction of sp³-hybridized carbons (Fsp3) is 0.208. The van der Waals surface area contributed by atoms with Gasteiger partial charge in [-0.2, -0.15) is 8.42 Å². The van der Waals surface area contributed by atoms with Crippen LogP contribution in [0, 0.1) is 0 Å². The van der Waals surface area contributed by atoms with Gasteiger partial charge in [-0.25, -0.2) is 9.86 Å². The molecular weight excluding hydrogens is 468 g/mol. The van der Waals surface area contributed by atoms with E-state index >= 15 is 0 Å². The van der Waals surface area contributed by atoms with E-state index in [-0.39, 0.29) is 12.5 Å². The van der Waals surface area contributed by atoms with Crippen LogP contribution in [0.4, 0.5) is 5.69 Å². The monoisotopic (exact) mass is 494 g/mol. The van der Waals surface area contributed by atoms with Crippen molar-refractivity contribution in [2.45, 2.75) is 25.3 Å². The van der Waals surface area contributed by atoms with Gasteiger partial charge in [0.1, 0.15) is 6.04 Å². The Kier molecular flexibility index (Phi) is 7.39. The number of nitrogens with two attached hydrogens (primary N) is 1. The van der Waals surface area contributed by atoms with E-state index in [9.17, 15) is 18.0 Å². The Morgan fingerprint density at radius 3 is 2.69 bits per heavy atom. The Labute approximate surface area is 202 Å². The van der Waals surface area contributed by atoms with E-state index in [0.717, 1.165) is 16.3 Å². The lowest BCUT2D eigenvalue weighted by molar-refractivity contribution is -0.118. The van der Waals surface area contributed by atoms with Gasteiger partial charge in [-0.05, 0) is 55.0 Å². The smallest absolute Gasteiger partial charge is 0.274 e. The Balaban J connectivity index is 1.49. The number of anilines is 1. The van der Waals surface area contributed by atoms with Crippen LogP contribution in [0.25, 0.3) is 21.8 Å². The summed E-state index contributed by atoms with van der Waals surface area (Å²) in [6.07, 6.45) is 4.65. The predicted octanol–water partition coefficient (Wildman–Crippen LogP) is 2.42. The van der Waals surface area contributed by atoms with Crippen molar-refractivity contribution in [2.24, 2.45) is 5.14 Å². The molecule has 4 aromatic rings. The van der Waals surface area contributed by atoms with Crippen molar-refractivity contribution in [1.29, 1.82) is 0 Å². The first-order valence-corrected chi connectivity index (χ1v) is 12.6. The second-order valence-electron chi connectivity index (χ2n) is 8.11. The lowest BCUT2D eigenvalue weighted by Gasteiger charge is -2.19. The van der Waals surface area contributed by atoms with Crippen molar-refractivity contribution in [2.75, 3.05) is 11.9 Å². The number of aromatic amines is 1. The van der Waals surface area contributed by atoms with Crippen molar-refractivity contribution in [3.05, 3.63) is 72.6 Å². The molecule has 182 valence electrons. The van der Waals surface area contributed by atoms with Crippen LogP contribution in [-0.4, -0.2) is 42.8 Å². The zero-order chi connectivity index (χ0) is 24.8. The quantitative estimate of drug-likeness (QED) is 0.214. The number of carbonyl (C=O) groups excluding carboxylic acids is 2. The maximum absolute atomic E-state index is 13.2. The van der Waals surface area contributed by atoms with Gasteiger partial charge in [0.15, 0.2) is 0 Å². The van der Waals surface area contributed by atoms with Gasteiger partial charge in [0, 0.05) is 35.4 Å². The van der Waals surface area contributed by atoms with Crippen molar-refractivity contribution >= 4 is 49.5 Å². The fourth-order valence-corrected chi connectivity index (χ4v) is 4.24. The van der Waals surface area contributed by atoms with Crippen LogP contribution in [0.5, 0.6) is 0 Å². The van der Waals surface area contributed by atoms with Gasteiger partial charge in [0.05, 0.1) is 11.2 Å². The van der Waals surface area contributed by atoms with Crippen LogP contribution in [0.3, 0.4) is 0 Å². The molecule has 11 heteroatoms. The summed E-state index contributed by atoms with van der Waals surface area (Å²) in [5, 5.41) is 12.5. The highest BCUT2D eigenvalue weighted by atomic mass is 32.2. The van der Waals surface area contributed by atoms with Crippen LogP contribution < -0.4 is 20.5 Å². The molecule has 0 saturated heterocycles. The fourth-order valence-electron chi connectivity index (χ4n) is 3.81. The zero-order valence-corrected chi connectivity index (χ0v) is 19.6. The number of fused-ring (bicyclic) bond motifs is 2. The third kappa shape index (κ3) is 6.41. The highest BCUT2D eigenvalue weighted by molar-refractivity contribution is 7.87. The molecule has 35 heavy (non-hydrogen) atoms. The minimum atomic E-state index is -3.78. The van der Waals surface area contributed by atoms with Crippen molar-refractivity contribution in [3.63, 3.8) is 0 Å². The molecular formula is C24H26N6O4S. The molecule has 0 saturated carbocycles. The molecule has 0 aliphatic carbocycles. The SMILES string of the molecule is NS(=O)(=O)NCCCCC(NC(=O)c1ccc2cc[nH]c2c1)C(=O)Nc1cccc2cccnc12. The topological polar surface area (TPSA) is 159 Å². The van der Waals surface area contributed by atoms with Gasteiger partial charge >= 0.3 is 0 Å². The zero-order valence-electron chi connectivity index (χ0n) is 18.8. The van der Waals surface area contributed by atoms with Gasteiger partial charge in [0.25, 0.3) is 16.1 Å². The number of hydrogen-bond donors (Lipinski definition) is 5. The average Bonchev–Trinajstić information content (AvgIpc) is 3.30. The van der Waals surface area contributed by atoms with E-state index in [4.69, 9.17) is 5.14 Å². The summed E-state index contributed by atoms with van der Waals surface area (Å²) in [4.78, 5) is 33.6. The molecule has 0 aliphatic rings. The summed E-state index contributed by atoms with van der Waals surface area (Å²) in [7, 11) is -3.78. The summed E-state index contributed by atoms with van der Waals surface area (Å²) >= 11 is 0. The van der Waals surface area contributed by atoms with E-state index in [1.165, 1.54) is 0 Å². The summed E-state index contributed by atoms with van der Waals surface area (Å²) in [6.45, 7) is 0.137. The normalized spacial score (nSPS) is 12.5. The molecule has 10 nitrogen and oxygen atoms in total. The highest BCUT2D eigenvalue weighted by Gasteiger charge is 2.22. The Morgan fingerprint density at radius 1 is 1.03 bits per heavy atom. The third-order valence-corrected chi connectivity index (χ3v) is 6.16. The molecule has 2 heterocycles. The average molecular weight is 495 g/mol. The highest BCUT2D eigenvalue weighted by Crippen LogP contribution is 2.21. The third-order valence-electron chi connectivity index (χ3n) is 5.55. The second-order valence-corrected chi connectivity index (χ2v) is 9.49. The Bertz CT molecular complexity index is 1460. The molecule has 0 radical (unpaired) electrons. The number of benzene rings is 2. The predicted molar refractivity (Wildman–Crippen MR) is 135 cm³/mol. The minimum Gasteiger partial charge on any atom is -0.361 e. The van der Waals surface area contributed by atoms with E-state index in [0.29, 0.717) is 36.0 Å². The first kappa shape index (κ1) is 24.3. The van der Waals surface area contributed by atoms with E-state index in [1.807, 2.05) is 36.4 Å². The van der Waals surface area contributed by atoms with Crippen molar-refractivity contribution < 1.29 is 18.0 Å². The lowest BCUT2D eigenvalue weighted by Crippen LogP contribution is -2.44. The maximum Gasteiger partial charge on any atom is 0.274 e. The summed E-state index contributed by atoms with van der Waals surface area (Å²) in [6, 6.07) is 15.5. The number of nitrogens with zero attached hydrogens (tertiary/aromatic N) is 1. The number of H-pyrrole nitrogens is 1. The number of para-hydroxylation sites is 1. The molecule has 2 aromatic heterocycles. The summed E-state index contributed by atoms with van der Waals surface area (Å²) in [5.74, 6) is -0.780. The van der Waals surface area contributed by atoms with Gasteiger partial charge < -0.3 is 15.6 Å². The number of hydrogen-bond acceptors (Lipinski definition) is 5. The van der Waals surface area contributed by atoms with E-state index in [2.05, 4.69) is 25.3 Å². The van der Waals surface area contributed by atoms with Gasteiger partial charge in [-0.1, -0.05) is 24.3 Å². The van der Waals surface area contributed by atoms with Crippen molar-refractivity contribution in [1.82, 2.24) is 20.0 Å². The van der Waals surface area contributed by atoms with E-state index < -0.39 is 22.2 Å². The number of unbranched alkanes of at least 4 members (excludes halogenated alkanes) is 1. The molecule has 0 bridgehead atoms. The van der Waals surface area contributed by atoms with E-state index in [1.54, 1.807) is 30.6 Å². The number of amides is 2. The van der Waals surface area contributed by atoms with Crippen molar-refractivity contribution in [3.8, 4) is 0 Å². The van der Waals surface area contributed by atoms with Crippen LogP contribution in [0.2, 0.25) is 0 Å². The van der Waals surface area contributed by atoms with Crippen LogP contribution in [0.1, 0.15) is 29.6 Å². The standard InChI is InChI=1S/C24H26N6O4S/c25-35(33,34)28-13-2-1-7-20(30-23(31)18-10-9-16-11-14-26-21(16)15-18)24(32)29-19-8-3-5-17-6-4-12-27-22(17)19/h3-6,8-12,14-15,20,26,28H,1-2,7,13H2,(H,29,32)(H,30,31)(H2,25,33,34). The molecule has 2 aromatic carbocycles. The first-order chi connectivity index (χ1) is 16.8.